The maximum atomic E-state index is 13.4. The number of aromatic nitrogens is 1. The lowest BCUT2D eigenvalue weighted by Crippen LogP contribution is -2.24. The maximum absolute atomic E-state index is 13.4. The number of benzene rings is 1. The average molecular weight is 302 g/mol. The van der Waals surface area contributed by atoms with Crippen LogP contribution in [-0.4, -0.2) is 13.4 Å². The first-order chi connectivity index (χ1) is 9.42. The highest BCUT2D eigenvalue weighted by Gasteiger charge is 2.23. The van der Waals surface area contributed by atoms with Gasteiger partial charge in [-0.3, -0.25) is 4.98 Å². The standard InChI is InChI=1S/C12H9F3N2O2S/c13-9-3-4-10(12(15)11(9)14)20(18,19)17-7-8-2-1-5-16-6-8/h1-6,17H,7H2. The van der Waals surface area contributed by atoms with Gasteiger partial charge in [0.15, 0.2) is 17.5 Å². The van der Waals surface area contributed by atoms with Gasteiger partial charge in [0.25, 0.3) is 0 Å². The Morgan fingerprint density at radius 3 is 2.50 bits per heavy atom. The van der Waals surface area contributed by atoms with E-state index < -0.39 is 32.4 Å². The van der Waals surface area contributed by atoms with Crippen LogP contribution >= 0.6 is 0 Å². The minimum Gasteiger partial charge on any atom is -0.264 e. The van der Waals surface area contributed by atoms with E-state index in [9.17, 15) is 21.6 Å². The van der Waals surface area contributed by atoms with Gasteiger partial charge in [-0.1, -0.05) is 6.07 Å². The van der Waals surface area contributed by atoms with Crippen molar-refractivity contribution in [2.75, 3.05) is 0 Å². The molecule has 0 aliphatic heterocycles. The molecule has 1 N–H and O–H groups in total. The predicted molar refractivity (Wildman–Crippen MR) is 64.6 cm³/mol. The van der Waals surface area contributed by atoms with Crippen molar-refractivity contribution < 1.29 is 21.6 Å². The Kier molecular flexibility index (Phi) is 4.05. The summed E-state index contributed by atoms with van der Waals surface area (Å²) in [6.07, 6.45) is 2.93. The molecule has 0 fully saturated rings. The number of nitrogens with one attached hydrogen (secondary N) is 1. The minimum absolute atomic E-state index is 0.144. The smallest absolute Gasteiger partial charge is 0.243 e. The molecule has 0 saturated heterocycles. The molecule has 0 unspecified atom stereocenters. The fourth-order valence-corrected chi connectivity index (χ4v) is 2.56. The van der Waals surface area contributed by atoms with Gasteiger partial charge in [-0.15, -0.1) is 0 Å². The summed E-state index contributed by atoms with van der Waals surface area (Å²) in [6, 6.07) is 4.43. The summed E-state index contributed by atoms with van der Waals surface area (Å²) in [5.41, 5.74) is 0.541. The van der Waals surface area contributed by atoms with Crippen LogP contribution in [0.15, 0.2) is 41.6 Å². The third-order valence-corrected chi connectivity index (χ3v) is 3.90. The summed E-state index contributed by atoms with van der Waals surface area (Å²) in [5, 5.41) is 0. The summed E-state index contributed by atoms with van der Waals surface area (Å²) in [4.78, 5) is 2.84. The zero-order valence-electron chi connectivity index (χ0n) is 9.98. The fraction of sp³-hybridized carbons (Fsp3) is 0.0833. The zero-order valence-corrected chi connectivity index (χ0v) is 10.8. The van der Waals surface area contributed by atoms with Gasteiger partial charge < -0.3 is 0 Å². The van der Waals surface area contributed by atoms with Crippen LogP contribution in [0.3, 0.4) is 0 Å². The molecule has 1 aromatic carbocycles. The second kappa shape index (κ2) is 5.59. The molecule has 0 saturated carbocycles. The molecular weight excluding hydrogens is 293 g/mol. The molecule has 2 rings (SSSR count). The quantitative estimate of drug-likeness (QED) is 0.879. The van der Waals surface area contributed by atoms with Crippen LogP contribution < -0.4 is 4.72 Å². The molecule has 20 heavy (non-hydrogen) atoms. The molecule has 0 amide bonds. The van der Waals surface area contributed by atoms with Crippen LogP contribution in [0.2, 0.25) is 0 Å². The number of hydrogen-bond donors (Lipinski definition) is 1. The normalized spacial score (nSPS) is 11.6. The van der Waals surface area contributed by atoms with Gasteiger partial charge in [0.05, 0.1) is 0 Å². The molecule has 1 heterocycles. The van der Waals surface area contributed by atoms with Gasteiger partial charge in [-0.25, -0.2) is 26.3 Å². The SMILES string of the molecule is O=S(=O)(NCc1cccnc1)c1ccc(F)c(F)c1F. The van der Waals surface area contributed by atoms with Gasteiger partial charge in [-0.05, 0) is 23.8 Å². The molecule has 8 heteroatoms. The van der Waals surface area contributed by atoms with Crippen LogP contribution in [0.1, 0.15) is 5.56 Å². The van der Waals surface area contributed by atoms with Gasteiger partial charge >= 0.3 is 0 Å². The number of sulfonamides is 1. The van der Waals surface area contributed by atoms with Gasteiger partial charge in [0, 0.05) is 18.9 Å². The Hall–Kier alpha value is -1.93. The molecule has 2 aromatic rings. The van der Waals surface area contributed by atoms with Crippen molar-refractivity contribution in [3.8, 4) is 0 Å². The van der Waals surface area contributed by atoms with E-state index in [4.69, 9.17) is 0 Å². The maximum Gasteiger partial charge on any atom is 0.243 e. The van der Waals surface area contributed by atoms with Crippen molar-refractivity contribution >= 4 is 10.0 Å². The number of rotatable bonds is 4. The summed E-state index contributed by atoms with van der Waals surface area (Å²) >= 11 is 0. The van der Waals surface area contributed by atoms with Crippen molar-refractivity contribution in [3.05, 3.63) is 59.7 Å². The lowest BCUT2D eigenvalue weighted by molar-refractivity contribution is 0.431. The Balaban J connectivity index is 2.25. The lowest BCUT2D eigenvalue weighted by atomic mass is 10.3. The lowest BCUT2D eigenvalue weighted by Gasteiger charge is -2.08. The van der Waals surface area contributed by atoms with Gasteiger partial charge in [0.1, 0.15) is 4.90 Å². The summed E-state index contributed by atoms with van der Waals surface area (Å²) in [6.45, 7) is -0.144. The number of nitrogens with zero attached hydrogens (tertiary/aromatic N) is 1. The molecule has 106 valence electrons. The van der Waals surface area contributed by atoms with E-state index in [1.165, 1.54) is 12.4 Å². The van der Waals surface area contributed by atoms with E-state index in [1.54, 1.807) is 12.1 Å². The molecule has 0 aliphatic rings. The van der Waals surface area contributed by atoms with Crippen LogP contribution in [0, 0.1) is 17.5 Å². The predicted octanol–water partition coefficient (Wildman–Crippen LogP) is 1.98. The van der Waals surface area contributed by atoms with Gasteiger partial charge in [0.2, 0.25) is 10.0 Å². The third-order valence-electron chi connectivity index (χ3n) is 2.48. The van der Waals surface area contributed by atoms with Crippen LogP contribution in [0.5, 0.6) is 0 Å². The van der Waals surface area contributed by atoms with Crippen molar-refractivity contribution in [3.63, 3.8) is 0 Å². The van der Waals surface area contributed by atoms with Gasteiger partial charge in [-0.2, -0.15) is 0 Å². The van der Waals surface area contributed by atoms with Crippen molar-refractivity contribution in [2.24, 2.45) is 0 Å². The molecule has 1 aromatic heterocycles. The molecule has 0 bridgehead atoms. The van der Waals surface area contributed by atoms with Crippen LogP contribution in [0.25, 0.3) is 0 Å². The molecule has 4 nitrogen and oxygen atoms in total. The van der Waals surface area contributed by atoms with E-state index in [0.29, 0.717) is 17.7 Å². The summed E-state index contributed by atoms with van der Waals surface area (Å²) < 4.78 is 65.0. The Bertz CT molecular complexity index is 721. The topological polar surface area (TPSA) is 59.1 Å². The first kappa shape index (κ1) is 14.5. The minimum atomic E-state index is -4.29. The van der Waals surface area contributed by atoms with Crippen LogP contribution in [0.4, 0.5) is 13.2 Å². The van der Waals surface area contributed by atoms with Crippen molar-refractivity contribution in [2.45, 2.75) is 11.4 Å². The van der Waals surface area contributed by atoms with E-state index in [0.717, 1.165) is 0 Å². The molecular formula is C12H9F3N2O2S. The van der Waals surface area contributed by atoms with Crippen molar-refractivity contribution in [1.29, 1.82) is 0 Å². The Morgan fingerprint density at radius 1 is 1.10 bits per heavy atom. The number of halogens is 3. The van der Waals surface area contributed by atoms with Crippen LogP contribution in [-0.2, 0) is 16.6 Å². The average Bonchev–Trinajstić information content (AvgIpc) is 2.44. The second-order valence-corrected chi connectivity index (χ2v) is 5.59. The largest absolute Gasteiger partial charge is 0.264 e. The number of pyridine rings is 1. The highest BCUT2D eigenvalue weighted by atomic mass is 32.2. The first-order valence-corrected chi connectivity index (χ1v) is 6.92. The second-order valence-electron chi connectivity index (χ2n) is 3.86. The molecule has 0 radical (unpaired) electrons. The van der Waals surface area contributed by atoms with E-state index >= 15 is 0 Å². The summed E-state index contributed by atoms with van der Waals surface area (Å²) in [7, 11) is -4.29. The third kappa shape index (κ3) is 2.97. The Morgan fingerprint density at radius 2 is 1.85 bits per heavy atom. The van der Waals surface area contributed by atoms with E-state index in [2.05, 4.69) is 9.71 Å². The fourth-order valence-electron chi connectivity index (χ4n) is 1.47. The van der Waals surface area contributed by atoms with E-state index in [-0.39, 0.29) is 6.54 Å². The first-order valence-electron chi connectivity index (χ1n) is 5.44. The molecule has 0 spiro atoms. The van der Waals surface area contributed by atoms with Crippen molar-refractivity contribution in [1.82, 2.24) is 9.71 Å². The Labute approximate surface area is 113 Å². The zero-order chi connectivity index (χ0) is 14.8. The van der Waals surface area contributed by atoms with E-state index in [1.807, 2.05) is 0 Å². The monoisotopic (exact) mass is 302 g/mol. The summed E-state index contributed by atoms with van der Waals surface area (Å²) in [5.74, 6) is -5.02. The number of hydrogen-bond acceptors (Lipinski definition) is 3. The highest BCUT2D eigenvalue weighted by Crippen LogP contribution is 2.19. The highest BCUT2D eigenvalue weighted by molar-refractivity contribution is 7.89. The molecule has 0 atom stereocenters. The molecule has 0 aliphatic carbocycles.